The molecule has 0 aromatic carbocycles. The summed E-state index contributed by atoms with van der Waals surface area (Å²) in [7, 11) is 4.06. The molecule has 7 nitrogen and oxygen atoms in total. The summed E-state index contributed by atoms with van der Waals surface area (Å²) < 4.78 is 6.28. The van der Waals surface area contributed by atoms with Crippen LogP contribution >= 0.6 is 11.3 Å². The predicted molar refractivity (Wildman–Crippen MR) is 164 cm³/mol. The number of allylic oxidation sites excluding steroid dienone is 1. The Morgan fingerprint density at radius 1 is 1.12 bits per heavy atom. The van der Waals surface area contributed by atoms with Gasteiger partial charge in [0.1, 0.15) is 11.0 Å². The number of carbonyl (C=O) groups excluding carboxylic acids is 1. The highest BCUT2D eigenvalue weighted by Gasteiger charge is 2.37. The van der Waals surface area contributed by atoms with Crippen molar-refractivity contribution in [3.63, 3.8) is 0 Å². The van der Waals surface area contributed by atoms with Crippen LogP contribution in [0, 0.1) is 23.2 Å². The Morgan fingerprint density at radius 2 is 1.80 bits per heavy atom. The van der Waals surface area contributed by atoms with Crippen LogP contribution in [0.1, 0.15) is 92.3 Å². The summed E-state index contributed by atoms with van der Waals surface area (Å²) in [4.78, 5) is 35.7. The molecule has 0 aliphatic heterocycles. The molecule has 2 aromatic heterocycles. The lowest BCUT2D eigenvalue weighted by atomic mass is 9.84. The minimum atomic E-state index is -1.02. The van der Waals surface area contributed by atoms with Crippen LogP contribution in [0.25, 0.3) is 0 Å². The number of amides is 1. The Labute approximate surface area is 248 Å². The maximum absolute atomic E-state index is 14.1. The first-order chi connectivity index (χ1) is 19.4. The molecule has 1 N–H and O–H groups in total. The lowest BCUT2D eigenvalue weighted by molar-refractivity contribution is -0.123. The number of anilines is 1. The minimum Gasteiger partial charge on any atom is -0.477 e. The molecule has 8 heteroatoms. The Kier molecular flexibility index (Phi) is 9.93. The topological polar surface area (TPSA) is 83.0 Å². The van der Waals surface area contributed by atoms with E-state index in [2.05, 4.69) is 28.3 Å². The summed E-state index contributed by atoms with van der Waals surface area (Å²) in [5, 5.41) is 10.1. The fraction of sp³-hybridized carbons (Fsp3) is 0.545. The van der Waals surface area contributed by atoms with Crippen molar-refractivity contribution in [2.45, 2.75) is 90.8 Å². The van der Waals surface area contributed by atoms with Gasteiger partial charge in [-0.05, 0) is 104 Å². The smallest absolute Gasteiger partial charge is 0.348 e. The Morgan fingerprint density at radius 3 is 2.41 bits per heavy atom. The molecule has 2 aliphatic carbocycles. The van der Waals surface area contributed by atoms with Crippen LogP contribution in [0.15, 0.2) is 36.5 Å². The first-order valence-corrected chi connectivity index (χ1v) is 15.4. The van der Waals surface area contributed by atoms with Gasteiger partial charge >= 0.3 is 5.97 Å². The minimum absolute atomic E-state index is 0.00190. The fourth-order valence-electron chi connectivity index (χ4n) is 5.56. The van der Waals surface area contributed by atoms with E-state index >= 15 is 0 Å². The largest absolute Gasteiger partial charge is 0.477 e. The molecule has 0 saturated heterocycles. The predicted octanol–water partition coefficient (Wildman–Crippen LogP) is 6.77. The van der Waals surface area contributed by atoms with Crippen molar-refractivity contribution in [3.05, 3.63) is 51.9 Å². The third-order valence-electron chi connectivity index (χ3n) is 7.60. The fourth-order valence-corrected chi connectivity index (χ4v) is 6.40. The lowest BCUT2D eigenvalue weighted by Gasteiger charge is -2.39. The number of hydrogen-bond acceptors (Lipinski definition) is 6. The molecule has 2 fully saturated rings. The van der Waals surface area contributed by atoms with Crippen LogP contribution in [0.3, 0.4) is 0 Å². The number of carboxylic acid groups (broad SMARTS) is 1. The van der Waals surface area contributed by atoms with Gasteiger partial charge in [-0.25, -0.2) is 9.78 Å². The van der Waals surface area contributed by atoms with Gasteiger partial charge < -0.3 is 19.6 Å². The molecular formula is C33H43N3O4S. The van der Waals surface area contributed by atoms with Gasteiger partial charge in [-0.3, -0.25) is 4.79 Å². The standard InChI is InChI=1S/C33H43N3O4S/c1-22-7-9-24(10-8-22)31(37)36(28-20-27(15-17-33(2,3)4)41-30(28)32(38)39)25-11-13-26(14-12-25)40-29-19-23(16-18-34-29)21-35(5)6/h16,18-20,24-26H,1,7-14,21H2,2-6H3,(H,38,39). The van der Waals surface area contributed by atoms with Crippen LogP contribution in [-0.4, -0.2) is 53.1 Å². The van der Waals surface area contributed by atoms with E-state index in [1.165, 1.54) is 5.57 Å². The van der Waals surface area contributed by atoms with Crippen molar-refractivity contribution in [2.24, 2.45) is 11.3 Å². The maximum atomic E-state index is 14.1. The van der Waals surface area contributed by atoms with Gasteiger partial charge in [0.05, 0.1) is 10.6 Å². The Balaban J connectivity index is 1.57. The molecule has 0 bridgehead atoms. The van der Waals surface area contributed by atoms with Gasteiger partial charge in [0.25, 0.3) is 0 Å². The summed E-state index contributed by atoms with van der Waals surface area (Å²) in [5.41, 5.74) is 2.59. The van der Waals surface area contributed by atoms with Crippen LogP contribution in [-0.2, 0) is 11.3 Å². The van der Waals surface area contributed by atoms with Crippen molar-refractivity contribution in [3.8, 4) is 17.7 Å². The van der Waals surface area contributed by atoms with Gasteiger partial charge in [-0.2, -0.15) is 0 Å². The molecule has 0 radical (unpaired) electrons. The number of thiophene rings is 1. The van der Waals surface area contributed by atoms with E-state index in [1.54, 1.807) is 6.20 Å². The van der Waals surface area contributed by atoms with Crippen LogP contribution in [0.4, 0.5) is 5.69 Å². The van der Waals surface area contributed by atoms with Crippen molar-refractivity contribution in [1.82, 2.24) is 9.88 Å². The molecule has 41 heavy (non-hydrogen) atoms. The average molecular weight is 578 g/mol. The number of ether oxygens (including phenoxy) is 1. The van der Waals surface area contributed by atoms with Gasteiger partial charge in [0.15, 0.2) is 0 Å². The highest BCUT2D eigenvalue weighted by Crippen LogP contribution is 2.39. The van der Waals surface area contributed by atoms with Crippen LogP contribution < -0.4 is 9.64 Å². The molecular weight excluding hydrogens is 534 g/mol. The van der Waals surface area contributed by atoms with E-state index in [1.807, 2.05) is 58.0 Å². The van der Waals surface area contributed by atoms with E-state index in [0.29, 0.717) is 16.4 Å². The number of rotatable bonds is 8. The van der Waals surface area contributed by atoms with Gasteiger partial charge in [-0.15, -0.1) is 11.3 Å². The van der Waals surface area contributed by atoms with E-state index in [9.17, 15) is 14.7 Å². The van der Waals surface area contributed by atoms with Crippen LogP contribution in [0.2, 0.25) is 0 Å². The van der Waals surface area contributed by atoms with Crippen molar-refractivity contribution >= 4 is 28.9 Å². The van der Waals surface area contributed by atoms with Crippen molar-refractivity contribution in [1.29, 1.82) is 0 Å². The normalized spacial score (nSPS) is 19.9. The molecule has 1 amide bonds. The van der Waals surface area contributed by atoms with E-state index < -0.39 is 5.97 Å². The monoisotopic (exact) mass is 577 g/mol. The maximum Gasteiger partial charge on any atom is 0.348 e. The zero-order chi connectivity index (χ0) is 29.7. The molecule has 220 valence electrons. The van der Waals surface area contributed by atoms with E-state index in [4.69, 9.17) is 4.74 Å². The number of hydrogen-bond donors (Lipinski definition) is 1. The highest BCUT2D eigenvalue weighted by atomic mass is 32.1. The van der Waals surface area contributed by atoms with Gasteiger partial charge in [-0.1, -0.05) is 24.0 Å². The van der Waals surface area contributed by atoms with E-state index in [-0.39, 0.29) is 34.3 Å². The molecule has 0 unspecified atom stereocenters. The highest BCUT2D eigenvalue weighted by molar-refractivity contribution is 7.15. The zero-order valence-electron chi connectivity index (χ0n) is 25.0. The summed E-state index contributed by atoms with van der Waals surface area (Å²) in [6.07, 6.45) is 7.94. The Hall–Kier alpha value is -3.15. The first kappa shape index (κ1) is 30.8. The number of aromatic carboxylic acids is 1. The number of carboxylic acids is 1. The summed E-state index contributed by atoms with van der Waals surface area (Å²) in [5.74, 6) is 5.85. The quantitative estimate of drug-likeness (QED) is 0.275. The molecule has 2 heterocycles. The second kappa shape index (κ2) is 13.2. The molecule has 4 rings (SSSR count). The Bertz CT molecular complexity index is 1310. The third kappa shape index (κ3) is 8.43. The third-order valence-corrected chi connectivity index (χ3v) is 8.63. The van der Waals surface area contributed by atoms with Crippen molar-refractivity contribution < 1.29 is 19.4 Å². The number of nitrogens with zero attached hydrogens (tertiary/aromatic N) is 3. The second-order valence-corrected chi connectivity index (χ2v) is 13.7. The summed E-state index contributed by atoms with van der Waals surface area (Å²) in [6.45, 7) is 11.0. The SMILES string of the molecule is C=C1CCC(C(=O)N(c2cc(C#CC(C)(C)C)sc2C(=O)O)C2CCC(Oc3cc(CN(C)C)ccn3)CC2)CC1. The van der Waals surface area contributed by atoms with E-state index in [0.717, 1.165) is 74.8 Å². The lowest BCUT2D eigenvalue weighted by Crippen LogP contribution is -2.47. The summed E-state index contributed by atoms with van der Waals surface area (Å²) >= 11 is 1.16. The second-order valence-electron chi connectivity index (χ2n) is 12.7. The van der Waals surface area contributed by atoms with Gasteiger partial charge in [0, 0.05) is 36.2 Å². The average Bonchev–Trinajstić information content (AvgIpc) is 3.33. The van der Waals surface area contributed by atoms with Crippen molar-refractivity contribution in [2.75, 3.05) is 19.0 Å². The number of pyridine rings is 1. The molecule has 0 spiro atoms. The van der Waals surface area contributed by atoms with Gasteiger partial charge in [0.2, 0.25) is 11.8 Å². The number of aromatic nitrogens is 1. The summed E-state index contributed by atoms with van der Waals surface area (Å²) in [6, 6.07) is 5.70. The molecule has 2 aliphatic rings. The molecule has 0 atom stereocenters. The first-order valence-electron chi connectivity index (χ1n) is 14.6. The molecule has 2 saturated carbocycles. The zero-order valence-corrected chi connectivity index (χ0v) is 25.9. The van der Waals surface area contributed by atoms with Crippen LogP contribution in [0.5, 0.6) is 5.88 Å². The number of carbonyl (C=O) groups is 2. The molecule has 2 aromatic rings.